The molecule has 3 nitrogen and oxygen atoms in total. The van der Waals surface area contributed by atoms with Gasteiger partial charge in [-0.2, -0.15) is 5.10 Å². The fraction of sp³-hybridized carbons (Fsp3) is 0.308. The molecule has 96 valence electrons. The molecule has 0 radical (unpaired) electrons. The third kappa shape index (κ3) is 3.13. The Hall–Kier alpha value is -1.75. The number of halogens is 2. The van der Waals surface area contributed by atoms with Gasteiger partial charge < -0.3 is 5.73 Å². The molecule has 1 atom stereocenters. The van der Waals surface area contributed by atoms with Crippen molar-refractivity contribution in [1.82, 2.24) is 9.78 Å². The second-order valence-electron chi connectivity index (χ2n) is 4.48. The van der Waals surface area contributed by atoms with Gasteiger partial charge in [0.1, 0.15) is 0 Å². The first-order valence-electron chi connectivity index (χ1n) is 5.75. The lowest BCUT2D eigenvalue weighted by molar-refractivity contribution is 0.506. The molecule has 2 rings (SSSR count). The van der Waals surface area contributed by atoms with Gasteiger partial charge in [0.05, 0.1) is 12.7 Å². The third-order valence-electron chi connectivity index (χ3n) is 2.57. The molecule has 0 saturated heterocycles. The van der Waals surface area contributed by atoms with Gasteiger partial charge in [0.25, 0.3) is 0 Å². The van der Waals surface area contributed by atoms with E-state index in [9.17, 15) is 8.78 Å². The topological polar surface area (TPSA) is 43.8 Å². The minimum atomic E-state index is -0.838. The summed E-state index contributed by atoms with van der Waals surface area (Å²) in [7, 11) is 0. The second kappa shape index (κ2) is 5.27. The van der Waals surface area contributed by atoms with Crippen LogP contribution in [0.4, 0.5) is 8.78 Å². The normalized spacial score (nSPS) is 12.7. The van der Waals surface area contributed by atoms with Gasteiger partial charge in [-0.25, -0.2) is 8.78 Å². The SMILES string of the molecule is CC(N)Cc1cnn(Cc2ccc(F)c(F)c2)c1. The van der Waals surface area contributed by atoms with Crippen LogP contribution in [0.1, 0.15) is 18.1 Å². The first-order valence-corrected chi connectivity index (χ1v) is 5.75. The summed E-state index contributed by atoms with van der Waals surface area (Å²) in [5.74, 6) is -1.67. The number of rotatable bonds is 4. The molecule has 5 heteroatoms. The molecule has 0 spiro atoms. The lowest BCUT2D eigenvalue weighted by Crippen LogP contribution is -2.17. The van der Waals surface area contributed by atoms with Crippen molar-refractivity contribution in [3.05, 3.63) is 53.4 Å². The van der Waals surface area contributed by atoms with Gasteiger partial charge in [0.2, 0.25) is 0 Å². The summed E-state index contributed by atoms with van der Waals surface area (Å²) in [6.07, 6.45) is 4.35. The fourth-order valence-corrected chi connectivity index (χ4v) is 1.80. The second-order valence-corrected chi connectivity index (χ2v) is 4.48. The number of hydrogen-bond donors (Lipinski definition) is 1. The molecular formula is C13H15F2N3. The first kappa shape index (κ1) is 12.7. The maximum atomic E-state index is 13.0. The predicted molar refractivity (Wildman–Crippen MR) is 65.0 cm³/mol. The average Bonchev–Trinajstić information content (AvgIpc) is 2.70. The lowest BCUT2D eigenvalue weighted by Gasteiger charge is -2.03. The Balaban J connectivity index is 2.08. The van der Waals surface area contributed by atoms with Crippen LogP contribution in [-0.4, -0.2) is 15.8 Å². The molecule has 0 aliphatic heterocycles. The Kier molecular flexibility index (Phi) is 3.72. The number of aromatic nitrogens is 2. The van der Waals surface area contributed by atoms with Crippen molar-refractivity contribution in [2.45, 2.75) is 25.9 Å². The minimum Gasteiger partial charge on any atom is -0.328 e. The fourth-order valence-electron chi connectivity index (χ4n) is 1.80. The molecule has 2 N–H and O–H groups in total. The van der Waals surface area contributed by atoms with Gasteiger partial charge in [-0.3, -0.25) is 4.68 Å². The van der Waals surface area contributed by atoms with Gasteiger partial charge >= 0.3 is 0 Å². The zero-order valence-corrected chi connectivity index (χ0v) is 10.1. The van der Waals surface area contributed by atoms with Crippen molar-refractivity contribution in [3.8, 4) is 0 Å². The van der Waals surface area contributed by atoms with Gasteiger partial charge in [0, 0.05) is 12.2 Å². The number of nitrogens with zero attached hydrogens (tertiary/aromatic N) is 2. The molecule has 1 aromatic heterocycles. The van der Waals surface area contributed by atoms with E-state index in [1.807, 2.05) is 13.1 Å². The number of hydrogen-bond acceptors (Lipinski definition) is 2. The largest absolute Gasteiger partial charge is 0.328 e. The summed E-state index contributed by atoms with van der Waals surface area (Å²) in [5, 5.41) is 4.16. The summed E-state index contributed by atoms with van der Waals surface area (Å²) in [6.45, 7) is 2.34. The predicted octanol–water partition coefficient (Wildman–Crippen LogP) is 2.10. The highest BCUT2D eigenvalue weighted by Crippen LogP contribution is 2.10. The first-order chi connectivity index (χ1) is 8.54. The van der Waals surface area contributed by atoms with Crippen LogP contribution in [0, 0.1) is 11.6 Å². The molecule has 1 heterocycles. The summed E-state index contributed by atoms with van der Waals surface area (Å²) in [4.78, 5) is 0. The molecule has 0 aliphatic carbocycles. The summed E-state index contributed by atoms with van der Waals surface area (Å²) < 4.78 is 27.5. The third-order valence-corrected chi connectivity index (χ3v) is 2.57. The standard InChI is InChI=1S/C13H15F2N3/c1-9(16)4-11-6-17-18(8-11)7-10-2-3-12(14)13(15)5-10/h2-3,5-6,8-9H,4,7,16H2,1H3. The average molecular weight is 251 g/mol. The van der Waals surface area contributed by atoms with Crippen LogP contribution >= 0.6 is 0 Å². The minimum absolute atomic E-state index is 0.0749. The zero-order valence-electron chi connectivity index (χ0n) is 10.1. The van der Waals surface area contributed by atoms with Gasteiger partial charge in [-0.05, 0) is 36.6 Å². The molecule has 0 amide bonds. The Bertz CT molecular complexity index is 535. The van der Waals surface area contributed by atoms with Crippen LogP contribution in [0.3, 0.4) is 0 Å². The van der Waals surface area contributed by atoms with E-state index in [1.54, 1.807) is 16.9 Å². The van der Waals surface area contributed by atoms with Crippen molar-refractivity contribution in [2.24, 2.45) is 5.73 Å². The molecule has 0 aliphatic rings. The Morgan fingerprint density at radius 1 is 1.28 bits per heavy atom. The summed E-state index contributed by atoms with van der Waals surface area (Å²) >= 11 is 0. The smallest absolute Gasteiger partial charge is 0.159 e. The van der Waals surface area contributed by atoms with E-state index in [4.69, 9.17) is 5.73 Å². The van der Waals surface area contributed by atoms with E-state index in [2.05, 4.69) is 5.10 Å². The van der Waals surface area contributed by atoms with E-state index >= 15 is 0 Å². The van der Waals surface area contributed by atoms with Crippen molar-refractivity contribution < 1.29 is 8.78 Å². The Morgan fingerprint density at radius 3 is 2.72 bits per heavy atom. The van der Waals surface area contributed by atoms with Crippen LogP contribution in [0.5, 0.6) is 0 Å². The maximum absolute atomic E-state index is 13.0. The van der Waals surface area contributed by atoms with E-state index in [0.29, 0.717) is 12.1 Å². The highest BCUT2D eigenvalue weighted by atomic mass is 19.2. The maximum Gasteiger partial charge on any atom is 0.159 e. The molecule has 18 heavy (non-hydrogen) atoms. The van der Waals surface area contributed by atoms with Crippen molar-refractivity contribution in [1.29, 1.82) is 0 Å². The molecule has 0 fully saturated rings. The highest BCUT2D eigenvalue weighted by Gasteiger charge is 2.05. The van der Waals surface area contributed by atoms with Crippen molar-refractivity contribution in [2.75, 3.05) is 0 Å². The quantitative estimate of drug-likeness (QED) is 0.904. The van der Waals surface area contributed by atoms with Crippen LogP contribution in [0.2, 0.25) is 0 Å². The van der Waals surface area contributed by atoms with Crippen LogP contribution in [0.15, 0.2) is 30.6 Å². The van der Waals surface area contributed by atoms with E-state index < -0.39 is 11.6 Å². The van der Waals surface area contributed by atoms with Gasteiger partial charge in [-0.1, -0.05) is 6.07 Å². The van der Waals surface area contributed by atoms with Crippen molar-refractivity contribution in [3.63, 3.8) is 0 Å². The zero-order chi connectivity index (χ0) is 13.1. The molecule has 0 bridgehead atoms. The van der Waals surface area contributed by atoms with Gasteiger partial charge in [0.15, 0.2) is 11.6 Å². The van der Waals surface area contributed by atoms with E-state index in [0.717, 1.165) is 18.1 Å². The molecule has 1 unspecified atom stereocenters. The van der Waals surface area contributed by atoms with Gasteiger partial charge in [-0.15, -0.1) is 0 Å². The molecular weight excluding hydrogens is 236 g/mol. The molecule has 0 saturated carbocycles. The van der Waals surface area contributed by atoms with Crippen LogP contribution in [-0.2, 0) is 13.0 Å². The van der Waals surface area contributed by atoms with Crippen molar-refractivity contribution >= 4 is 0 Å². The molecule has 2 aromatic rings. The Labute approximate surface area is 104 Å². The lowest BCUT2D eigenvalue weighted by atomic mass is 10.1. The van der Waals surface area contributed by atoms with E-state index in [1.165, 1.54) is 6.07 Å². The van der Waals surface area contributed by atoms with E-state index in [-0.39, 0.29) is 6.04 Å². The monoisotopic (exact) mass is 251 g/mol. The number of nitrogens with two attached hydrogens (primary N) is 1. The Morgan fingerprint density at radius 2 is 2.06 bits per heavy atom. The summed E-state index contributed by atoms with van der Waals surface area (Å²) in [6, 6.07) is 3.93. The van der Waals surface area contributed by atoms with Crippen LogP contribution in [0.25, 0.3) is 0 Å². The van der Waals surface area contributed by atoms with Crippen LogP contribution < -0.4 is 5.73 Å². The highest BCUT2D eigenvalue weighted by molar-refractivity contribution is 5.18. The number of benzene rings is 1. The molecule has 1 aromatic carbocycles. The summed E-state index contributed by atoms with van der Waals surface area (Å²) in [5.41, 5.74) is 7.40.